The largest absolute Gasteiger partial charge is 0.352 e. The highest BCUT2D eigenvalue weighted by atomic mass is 16.2. The molecule has 0 atom stereocenters. The summed E-state index contributed by atoms with van der Waals surface area (Å²) in [5.41, 5.74) is 3.12. The summed E-state index contributed by atoms with van der Waals surface area (Å²) < 4.78 is 1.87. The number of aryl methyl sites for hydroxylation is 2. The number of anilines is 1. The molecule has 0 aromatic carbocycles. The smallest absolute Gasteiger partial charge is 0.272 e. The van der Waals surface area contributed by atoms with E-state index < -0.39 is 0 Å². The molecule has 1 amide bonds. The molecule has 0 spiro atoms. The molecular weight excluding hydrogens is 316 g/mol. The van der Waals surface area contributed by atoms with Crippen LogP contribution in [0.5, 0.6) is 0 Å². The highest BCUT2D eigenvalue weighted by molar-refractivity contribution is 5.94. The first kappa shape index (κ1) is 15.6. The standard InChI is InChI=1S/C18H20N6O/c1-13-6-7-16(21-20-13)22-9-11-23(12-10-22)18(25)17-14(2)19-15-5-3-4-8-24(15)17/h3-8H,9-12H2,1-2H3. The van der Waals surface area contributed by atoms with Crippen LogP contribution in [0, 0.1) is 13.8 Å². The average molecular weight is 336 g/mol. The summed E-state index contributed by atoms with van der Waals surface area (Å²) >= 11 is 0. The molecule has 1 aliphatic rings. The maximum Gasteiger partial charge on any atom is 0.272 e. The average Bonchev–Trinajstić information content (AvgIpc) is 2.97. The number of piperazine rings is 1. The van der Waals surface area contributed by atoms with Crippen LogP contribution in [0.3, 0.4) is 0 Å². The molecule has 0 bridgehead atoms. The maximum atomic E-state index is 13.0. The van der Waals surface area contributed by atoms with E-state index in [1.807, 2.05) is 59.7 Å². The molecule has 0 N–H and O–H groups in total. The minimum Gasteiger partial charge on any atom is -0.352 e. The van der Waals surface area contributed by atoms with Gasteiger partial charge in [-0.25, -0.2) is 4.98 Å². The third-order valence-electron chi connectivity index (χ3n) is 4.58. The fraction of sp³-hybridized carbons (Fsp3) is 0.333. The number of imidazole rings is 1. The zero-order valence-corrected chi connectivity index (χ0v) is 14.4. The molecule has 7 heteroatoms. The molecule has 3 aromatic rings. The summed E-state index contributed by atoms with van der Waals surface area (Å²) in [7, 11) is 0. The first-order valence-corrected chi connectivity index (χ1v) is 8.42. The van der Waals surface area contributed by atoms with Crippen LogP contribution < -0.4 is 4.90 Å². The molecule has 0 saturated carbocycles. The van der Waals surface area contributed by atoms with E-state index in [1.165, 1.54) is 0 Å². The van der Waals surface area contributed by atoms with Gasteiger partial charge in [0.15, 0.2) is 5.82 Å². The monoisotopic (exact) mass is 336 g/mol. The van der Waals surface area contributed by atoms with Crippen LogP contribution in [0.2, 0.25) is 0 Å². The number of amides is 1. The van der Waals surface area contributed by atoms with E-state index in [4.69, 9.17) is 0 Å². The number of hydrogen-bond donors (Lipinski definition) is 0. The van der Waals surface area contributed by atoms with Crippen molar-refractivity contribution in [2.24, 2.45) is 0 Å². The number of rotatable bonds is 2. The lowest BCUT2D eigenvalue weighted by atomic mass is 10.2. The van der Waals surface area contributed by atoms with Crippen LogP contribution in [-0.4, -0.2) is 56.6 Å². The van der Waals surface area contributed by atoms with Gasteiger partial charge < -0.3 is 9.80 Å². The molecule has 0 aliphatic carbocycles. The van der Waals surface area contributed by atoms with Crippen molar-refractivity contribution in [3.05, 3.63) is 53.6 Å². The predicted molar refractivity (Wildman–Crippen MR) is 94.8 cm³/mol. The molecule has 1 aliphatic heterocycles. The molecule has 3 aromatic heterocycles. The molecule has 7 nitrogen and oxygen atoms in total. The zero-order valence-electron chi connectivity index (χ0n) is 14.4. The lowest BCUT2D eigenvalue weighted by Gasteiger charge is -2.35. The highest BCUT2D eigenvalue weighted by Gasteiger charge is 2.26. The molecule has 1 saturated heterocycles. The van der Waals surface area contributed by atoms with Gasteiger partial charge in [0.05, 0.1) is 11.4 Å². The summed E-state index contributed by atoms with van der Waals surface area (Å²) in [4.78, 5) is 21.5. The van der Waals surface area contributed by atoms with Gasteiger partial charge in [-0.05, 0) is 38.1 Å². The van der Waals surface area contributed by atoms with Gasteiger partial charge in [0.1, 0.15) is 11.3 Å². The normalized spacial score (nSPS) is 15.0. The van der Waals surface area contributed by atoms with Gasteiger partial charge >= 0.3 is 0 Å². The van der Waals surface area contributed by atoms with E-state index in [1.54, 1.807) is 0 Å². The van der Waals surface area contributed by atoms with Crippen LogP contribution in [0.25, 0.3) is 5.65 Å². The number of carbonyl (C=O) groups excluding carboxylic acids is 1. The Hall–Kier alpha value is -2.96. The third-order valence-corrected chi connectivity index (χ3v) is 4.58. The van der Waals surface area contributed by atoms with Crippen LogP contribution >= 0.6 is 0 Å². The molecular formula is C18H20N6O. The number of hydrogen-bond acceptors (Lipinski definition) is 5. The Bertz CT molecular complexity index is 909. The van der Waals surface area contributed by atoms with Crippen molar-refractivity contribution >= 4 is 17.4 Å². The van der Waals surface area contributed by atoms with Crippen molar-refractivity contribution in [1.82, 2.24) is 24.5 Å². The molecule has 25 heavy (non-hydrogen) atoms. The van der Waals surface area contributed by atoms with Crippen molar-refractivity contribution in [2.75, 3.05) is 31.1 Å². The third kappa shape index (κ3) is 2.82. The number of carbonyl (C=O) groups is 1. The number of fused-ring (bicyclic) bond motifs is 1. The molecule has 128 valence electrons. The van der Waals surface area contributed by atoms with Crippen LogP contribution in [0.1, 0.15) is 21.9 Å². The Labute approximate surface area is 145 Å². The fourth-order valence-corrected chi connectivity index (χ4v) is 3.22. The SMILES string of the molecule is Cc1ccc(N2CCN(C(=O)c3c(C)nc4ccccn34)CC2)nn1. The molecule has 0 unspecified atom stereocenters. The summed E-state index contributed by atoms with van der Waals surface area (Å²) in [6.07, 6.45) is 1.89. The minimum atomic E-state index is 0.0332. The highest BCUT2D eigenvalue weighted by Crippen LogP contribution is 2.17. The van der Waals surface area contributed by atoms with Gasteiger partial charge in [0.2, 0.25) is 0 Å². The molecule has 4 rings (SSSR count). The van der Waals surface area contributed by atoms with Crippen LogP contribution in [-0.2, 0) is 0 Å². The van der Waals surface area contributed by atoms with Gasteiger partial charge in [0, 0.05) is 32.4 Å². The van der Waals surface area contributed by atoms with Crippen molar-refractivity contribution < 1.29 is 4.79 Å². The van der Waals surface area contributed by atoms with Crippen LogP contribution in [0.4, 0.5) is 5.82 Å². The van der Waals surface area contributed by atoms with E-state index in [-0.39, 0.29) is 5.91 Å². The summed E-state index contributed by atoms with van der Waals surface area (Å²) in [6.45, 7) is 6.63. The predicted octanol–water partition coefficient (Wildman–Crippen LogP) is 1.70. The van der Waals surface area contributed by atoms with Crippen molar-refractivity contribution in [2.45, 2.75) is 13.8 Å². The van der Waals surface area contributed by atoms with Crippen molar-refractivity contribution in [3.8, 4) is 0 Å². The number of pyridine rings is 1. The second-order valence-electron chi connectivity index (χ2n) is 6.29. The molecule has 0 radical (unpaired) electrons. The van der Waals surface area contributed by atoms with E-state index in [9.17, 15) is 4.79 Å². The van der Waals surface area contributed by atoms with Gasteiger partial charge in [0.25, 0.3) is 5.91 Å². The first-order chi connectivity index (χ1) is 12.1. The Morgan fingerprint density at radius 2 is 1.80 bits per heavy atom. The second-order valence-corrected chi connectivity index (χ2v) is 6.29. The number of aromatic nitrogens is 4. The fourth-order valence-electron chi connectivity index (χ4n) is 3.22. The molecule has 4 heterocycles. The van der Waals surface area contributed by atoms with Gasteiger partial charge in [-0.3, -0.25) is 9.20 Å². The van der Waals surface area contributed by atoms with Gasteiger partial charge in [-0.2, -0.15) is 5.10 Å². The Morgan fingerprint density at radius 3 is 2.52 bits per heavy atom. The summed E-state index contributed by atoms with van der Waals surface area (Å²) in [6, 6.07) is 9.70. The quantitative estimate of drug-likeness (QED) is 0.713. The van der Waals surface area contributed by atoms with E-state index >= 15 is 0 Å². The Balaban J connectivity index is 1.51. The van der Waals surface area contributed by atoms with Crippen molar-refractivity contribution in [1.29, 1.82) is 0 Å². The maximum absolute atomic E-state index is 13.0. The van der Waals surface area contributed by atoms with Gasteiger partial charge in [-0.15, -0.1) is 5.10 Å². The van der Waals surface area contributed by atoms with E-state index in [0.29, 0.717) is 18.8 Å². The first-order valence-electron chi connectivity index (χ1n) is 8.42. The van der Waals surface area contributed by atoms with Crippen LogP contribution in [0.15, 0.2) is 36.5 Å². The topological polar surface area (TPSA) is 66.6 Å². The van der Waals surface area contributed by atoms with Gasteiger partial charge in [-0.1, -0.05) is 6.07 Å². The van der Waals surface area contributed by atoms with E-state index in [2.05, 4.69) is 20.1 Å². The molecule has 1 fully saturated rings. The minimum absolute atomic E-state index is 0.0332. The summed E-state index contributed by atoms with van der Waals surface area (Å²) in [5.74, 6) is 0.898. The zero-order chi connectivity index (χ0) is 17.4. The number of nitrogens with zero attached hydrogens (tertiary/aromatic N) is 6. The van der Waals surface area contributed by atoms with E-state index in [0.717, 1.165) is 35.9 Å². The lowest BCUT2D eigenvalue weighted by molar-refractivity contribution is 0.0738. The Morgan fingerprint density at radius 1 is 1.00 bits per heavy atom. The lowest BCUT2D eigenvalue weighted by Crippen LogP contribution is -2.49. The second kappa shape index (κ2) is 6.16. The summed E-state index contributed by atoms with van der Waals surface area (Å²) in [5, 5.41) is 8.35. The Kier molecular flexibility index (Phi) is 3.83. The van der Waals surface area contributed by atoms with Crippen molar-refractivity contribution in [3.63, 3.8) is 0 Å².